The Labute approximate surface area is 99.1 Å². The summed E-state index contributed by atoms with van der Waals surface area (Å²) in [4.78, 5) is 0. The Balaban J connectivity index is 2.81. The standard InChI is InChI=1S/C15H22O/c1-5-13-9-11-14(12-10-13)16-15(6-2,7-3)8-4/h5,9-12H,1,6-8H2,2-4H3. The summed E-state index contributed by atoms with van der Waals surface area (Å²) in [7, 11) is 0. The molecule has 0 unspecified atom stereocenters. The highest BCUT2D eigenvalue weighted by atomic mass is 16.5. The largest absolute Gasteiger partial charge is 0.487 e. The van der Waals surface area contributed by atoms with Gasteiger partial charge >= 0.3 is 0 Å². The molecule has 0 radical (unpaired) electrons. The first kappa shape index (κ1) is 12.8. The molecule has 0 aliphatic rings. The fourth-order valence-electron chi connectivity index (χ4n) is 1.89. The molecule has 0 aromatic heterocycles. The van der Waals surface area contributed by atoms with Crippen LogP contribution in [0.15, 0.2) is 30.8 Å². The highest BCUT2D eigenvalue weighted by Gasteiger charge is 2.25. The molecular formula is C15H22O. The summed E-state index contributed by atoms with van der Waals surface area (Å²) in [6.07, 6.45) is 4.98. The molecule has 0 bridgehead atoms. The van der Waals surface area contributed by atoms with E-state index >= 15 is 0 Å². The maximum Gasteiger partial charge on any atom is 0.120 e. The topological polar surface area (TPSA) is 9.23 Å². The Morgan fingerprint density at radius 1 is 1.06 bits per heavy atom. The van der Waals surface area contributed by atoms with E-state index in [1.165, 1.54) is 0 Å². The molecule has 0 saturated carbocycles. The zero-order valence-electron chi connectivity index (χ0n) is 10.6. The maximum atomic E-state index is 6.11. The fraction of sp³-hybridized carbons (Fsp3) is 0.467. The quantitative estimate of drug-likeness (QED) is 0.673. The van der Waals surface area contributed by atoms with Crippen LogP contribution in [0.2, 0.25) is 0 Å². The Bertz CT molecular complexity index is 312. The normalized spacial score (nSPS) is 11.2. The van der Waals surface area contributed by atoms with Crippen LogP contribution >= 0.6 is 0 Å². The Hall–Kier alpha value is -1.24. The van der Waals surface area contributed by atoms with E-state index < -0.39 is 0 Å². The van der Waals surface area contributed by atoms with E-state index in [1.54, 1.807) is 0 Å². The smallest absolute Gasteiger partial charge is 0.120 e. The van der Waals surface area contributed by atoms with E-state index in [1.807, 2.05) is 30.3 Å². The highest BCUT2D eigenvalue weighted by Crippen LogP contribution is 2.27. The van der Waals surface area contributed by atoms with E-state index in [0.29, 0.717) is 0 Å². The van der Waals surface area contributed by atoms with Gasteiger partial charge in [-0.3, -0.25) is 0 Å². The molecule has 0 fully saturated rings. The van der Waals surface area contributed by atoms with E-state index in [2.05, 4.69) is 27.4 Å². The summed E-state index contributed by atoms with van der Waals surface area (Å²) in [6.45, 7) is 10.3. The van der Waals surface area contributed by atoms with Crippen molar-refractivity contribution < 1.29 is 4.74 Å². The van der Waals surface area contributed by atoms with E-state index in [0.717, 1.165) is 30.6 Å². The predicted octanol–water partition coefficient (Wildman–Crippen LogP) is 4.68. The SMILES string of the molecule is C=Cc1ccc(OC(CC)(CC)CC)cc1. The molecule has 0 saturated heterocycles. The molecule has 0 aliphatic carbocycles. The van der Waals surface area contributed by atoms with Gasteiger partial charge in [-0.05, 0) is 37.0 Å². The lowest BCUT2D eigenvalue weighted by molar-refractivity contribution is 0.0561. The lowest BCUT2D eigenvalue weighted by Crippen LogP contribution is -2.33. The van der Waals surface area contributed by atoms with Gasteiger partial charge in [-0.15, -0.1) is 0 Å². The molecule has 1 heteroatoms. The first-order valence-corrected chi connectivity index (χ1v) is 6.11. The van der Waals surface area contributed by atoms with Crippen molar-refractivity contribution >= 4 is 6.08 Å². The van der Waals surface area contributed by atoms with Gasteiger partial charge in [0.25, 0.3) is 0 Å². The van der Waals surface area contributed by atoms with Crippen LogP contribution in [0.25, 0.3) is 6.08 Å². The van der Waals surface area contributed by atoms with Crippen LogP contribution in [0.3, 0.4) is 0 Å². The third kappa shape index (κ3) is 2.88. The second-order valence-electron chi connectivity index (χ2n) is 4.12. The molecule has 0 aliphatic heterocycles. The van der Waals surface area contributed by atoms with Crippen molar-refractivity contribution in [1.82, 2.24) is 0 Å². The van der Waals surface area contributed by atoms with Gasteiger partial charge in [0.05, 0.1) is 0 Å². The Morgan fingerprint density at radius 3 is 1.94 bits per heavy atom. The molecule has 0 atom stereocenters. The molecule has 0 heterocycles. The lowest BCUT2D eigenvalue weighted by atomic mass is 9.94. The minimum absolute atomic E-state index is 0.00427. The van der Waals surface area contributed by atoms with Crippen LogP contribution < -0.4 is 4.74 Å². The highest BCUT2D eigenvalue weighted by molar-refractivity contribution is 5.48. The lowest BCUT2D eigenvalue weighted by Gasteiger charge is -2.31. The first-order chi connectivity index (χ1) is 7.69. The van der Waals surface area contributed by atoms with Crippen LogP contribution in [0.4, 0.5) is 0 Å². The van der Waals surface area contributed by atoms with Gasteiger partial charge in [0.15, 0.2) is 0 Å². The molecule has 0 N–H and O–H groups in total. The van der Waals surface area contributed by atoms with Crippen LogP contribution in [-0.2, 0) is 0 Å². The summed E-state index contributed by atoms with van der Waals surface area (Å²) in [5, 5.41) is 0. The summed E-state index contributed by atoms with van der Waals surface area (Å²) < 4.78 is 6.11. The van der Waals surface area contributed by atoms with Crippen molar-refractivity contribution in [1.29, 1.82) is 0 Å². The maximum absolute atomic E-state index is 6.11. The summed E-state index contributed by atoms with van der Waals surface area (Å²) in [6, 6.07) is 8.11. The molecule has 88 valence electrons. The average Bonchev–Trinajstić information content (AvgIpc) is 2.37. The van der Waals surface area contributed by atoms with Crippen molar-refractivity contribution in [2.45, 2.75) is 45.6 Å². The van der Waals surface area contributed by atoms with Gasteiger partial charge in [0.2, 0.25) is 0 Å². The molecule has 1 aromatic carbocycles. The average molecular weight is 218 g/mol. The first-order valence-electron chi connectivity index (χ1n) is 6.11. The van der Waals surface area contributed by atoms with Crippen molar-refractivity contribution in [3.8, 4) is 5.75 Å². The van der Waals surface area contributed by atoms with Crippen LogP contribution in [0.1, 0.15) is 45.6 Å². The molecule has 16 heavy (non-hydrogen) atoms. The molecule has 1 rings (SSSR count). The number of hydrogen-bond donors (Lipinski definition) is 0. The number of hydrogen-bond acceptors (Lipinski definition) is 1. The van der Waals surface area contributed by atoms with Crippen LogP contribution in [-0.4, -0.2) is 5.60 Å². The predicted molar refractivity (Wildman–Crippen MR) is 70.8 cm³/mol. The van der Waals surface area contributed by atoms with Gasteiger partial charge in [-0.1, -0.05) is 45.6 Å². The van der Waals surface area contributed by atoms with Crippen molar-refractivity contribution in [3.05, 3.63) is 36.4 Å². The summed E-state index contributed by atoms with van der Waals surface area (Å²) >= 11 is 0. The van der Waals surface area contributed by atoms with Crippen LogP contribution in [0.5, 0.6) is 5.75 Å². The van der Waals surface area contributed by atoms with E-state index in [9.17, 15) is 0 Å². The molecule has 1 aromatic rings. The third-order valence-electron chi connectivity index (χ3n) is 3.38. The minimum Gasteiger partial charge on any atom is -0.487 e. The van der Waals surface area contributed by atoms with Gasteiger partial charge in [-0.25, -0.2) is 0 Å². The van der Waals surface area contributed by atoms with Gasteiger partial charge in [0, 0.05) is 0 Å². The fourth-order valence-corrected chi connectivity index (χ4v) is 1.89. The van der Waals surface area contributed by atoms with E-state index in [4.69, 9.17) is 4.74 Å². The number of ether oxygens (including phenoxy) is 1. The number of benzene rings is 1. The minimum atomic E-state index is -0.00427. The Morgan fingerprint density at radius 2 is 1.56 bits per heavy atom. The number of rotatable bonds is 6. The van der Waals surface area contributed by atoms with Gasteiger partial charge in [0.1, 0.15) is 11.4 Å². The summed E-state index contributed by atoms with van der Waals surface area (Å²) in [5.41, 5.74) is 1.12. The molecule has 1 nitrogen and oxygen atoms in total. The summed E-state index contributed by atoms with van der Waals surface area (Å²) in [5.74, 6) is 0.955. The molecule has 0 spiro atoms. The second kappa shape index (κ2) is 5.74. The third-order valence-corrected chi connectivity index (χ3v) is 3.38. The second-order valence-corrected chi connectivity index (χ2v) is 4.12. The van der Waals surface area contributed by atoms with Gasteiger partial charge in [-0.2, -0.15) is 0 Å². The van der Waals surface area contributed by atoms with Crippen molar-refractivity contribution in [3.63, 3.8) is 0 Å². The van der Waals surface area contributed by atoms with Crippen molar-refractivity contribution in [2.24, 2.45) is 0 Å². The Kier molecular flexibility index (Phi) is 4.60. The zero-order chi connectivity index (χ0) is 12.0. The van der Waals surface area contributed by atoms with Gasteiger partial charge < -0.3 is 4.74 Å². The molecule has 0 amide bonds. The van der Waals surface area contributed by atoms with Crippen LogP contribution in [0, 0.1) is 0 Å². The monoisotopic (exact) mass is 218 g/mol. The zero-order valence-corrected chi connectivity index (χ0v) is 10.6. The van der Waals surface area contributed by atoms with Crippen molar-refractivity contribution in [2.75, 3.05) is 0 Å². The molecular weight excluding hydrogens is 196 g/mol. The van der Waals surface area contributed by atoms with E-state index in [-0.39, 0.29) is 5.60 Å².